The van der Waals surface area contributed by atoms with Crippen molar-refractivity contribution in [3.63, 3.8) is 0 Å². The zero-order chi connectivity index (χ0) is 15.1. The molecular weight excluding hydrogens is 266 g/mol. The van der Waals surface area contributed by atoms with E-state index < -0.39 is 0 Å². The highest BCUT2D eigenvalue weighted by Crippen LogP contribution is 2.24. The predicted molar refractivity (Wildman–Crippen MR) is 83.5 cm³/mol. The number of aliphatic hydroxyl groups excluding tert-OH is 1. The summed E-state index contributed by atoms with van der Waals surface area (Å²) >= 11 is 0. The third kappa shape index (κ3) is 5.30. The number of hydrogen-bond donors (Lipinski definition) is 1. The van der Waals surface area contributed by atoms with E-state index in [2.05, 4.69) is 17.0 Å². The first-order chi connectivity index (χ1) is 10.2. The van der Waals surface area contributed by atoms with Crippen molar-refractivity contribution < 1.29 is 14.6 Å². The van der Waals surface area contributed by atoms with Gasteiger partial charge in [0.05, 0.1) is 12.7 Å². The molecule has 0 aromatic heterocycles. The summed E-state index contributed by atoms with van der Waals surface area (Å²) in [6, 6.07) is 8.80. The summed E-state index contributed by atoms with van der Waals surface area (Å²) < 4.78 is 10.5. The van der Waals surface area contributed by atoms with Crippen LogP contribution >= 0.6 is 0 Å². The van der Waals surface area contributed by atoms with Crippen molar-refractivity contribution in [2.75, 3.05) is 26.9 Å². The molecule has 4 heteroatoms. The van der Waals surface area contributed by atoms with Gasteiger partial charge in [-0.3, -0.25) is 4.90 Å². The Morgan fingerprint density at radius 1 is 1.29 bits per heavy atom. The molecule has 0 aliphatic carbocycles. The van der Waals surface area contributed by atoms with Gasteiger partial charge in [-0.05, 0) is 50.4 Å². The van der Waals surface area contributed by atoms with Gasteiger partial charge >= 0.3 is 0 Å². The van der Waals surface area contributed by atoms with Crippen molar-refractivity contribution in [1.29, 1.82) is 0 Å². The van der Waals surface area contributed by atoms with Crippen molar-refractivity contribution in [3.05, 3.63) is 29.8 Å². The van der Waals surface area contributed by atoms with E-state index in [1.54, 1.807) is 7.11 Å². The van der Waals surface area contributed by atoms with Crippen LogP contribution in [0.3, 0.4) is 0 Å². The summed E-state index contributed by atoms with van der Waals surface area (Å²) in [6.07, 6.45) is 3.09. The zero-order valence-electron chi connectivity index (χ0n) is 13.1. The second kappa shape index (κ2) is 8.37. The van der Waals surface area contributed by atoms with Crippen molar-refractivity contribution in [3.8, 4) is 5.75 Å². The second-order valence-electron chi connectivity index (χ2n) is 5.84. The van der Waals surface area contributed by atoms with Gasteiger partial charge in [0.15, 0.2) is 0 Å². The Kier molecular flexibility index (Phi) is 6.49. The van der Waals surface area contributed by atoms with Gasteiger partial charge in [-0.25, -0.2) is 0 Å². The van der Waals surface area contributed by atoms with Crippen LogP contribution in [0.25, 0.3) is 0 Å². The lowest BCUT2D eigenvalue weighted by molar-refractivity contribution is 0.130. The molecule has 1 aliphatic rings. The maximum atomic E-state index is 9.58. The Hall–Kier alpha value is -1.10. The Labute approximate surface area is 127 Å². The van der Waals surface area contributed by atoms with E-state index in [-0.39, 0.29) is 6.10 Å². The van der Waals surface area contributed by atoms with Crippen LogP contribution in [-0.4, -0.2) is 49.0 Å². The molecule has 1 heterocycles. The number of aliphatic hydroxyl groups is 1. The molecule has 1 aliphatic heterocycles. The van der Waals surface area contributed by atoms with E-state index in [1.807, 2.05) is 19.1 Å². The van der Waals surface area contributed by atoms with Gasteiger partial charge in [-0.15, -0.1) is 0 Å². The van der Waals surface area contributed by atoms with Crippen LogP contribution in [0.5, 0.6) is 5.75 Å². The molecule has 1 fully saturated rings. The second-order valence-corrected chi connectivity index (χ2v) is 5.84. The lowest BCUT2D eigenvalue weighted by atomic mass is 10.1. The van der Waals surface area contributed by atoms with Crippen LogP contribution < -0.4 is 4.74 Å². The van der Waals surface area contributed by atoms with Gasteiger partial charge in [0, 0.05) is 19.7 Å². The Morgan fingerprint density at radius 3 is 2.71 bits per heavy atom. The zero-order valence-corrected chi connectivity index (χ0v) is 13.1. The number of benzene rings is 1. The van der Waals surface area contributed by atoms with Crippen LogP contribution in [0.15, 0.2) is 24.3 Å². The molecule has 4 nitrogen and oxygen atoms in total. The maximum absolute atomic E-state index is 9.58. The Balaban J connectivity index is 1.84. The SMILES string of the molecule is COCCOc1ccc(CN2CCCC2CC(C)O)cc1. The fourth-order valence-electron chi connectivity index (χ4n) is 2.93. The molecule has 0 bridgehead atoms. The first kappa shape index (κ1) is 16.3. The van der Waals surface area contributed by atoms with Crippen LogP contribution in [0.1, 0.15) is 31.7 Å². The normalized spacial score (nSPS) is 20.6. The van der Waals surface area contributed by atoms with Crippen LogP contribution in [-0.2, 0) is 11.3 Å². The van der Waals surface area contributed by atoms with Crippen LogP contribution in [0.4, 0.5) is 0 Å². The number of likely N-dealkylation sites (tertiary alicyclic amines) is 1. The number of hydrogen-bond acceptors (Lipinski definition) is 4. The molecule has 0 radical (unpaired) electrons. The molecule has 1 N–H and O–H groups in total. The largest absolute Gasteiger partial charge is 0.491 e. The average molecular weight is 293 g/mol. The maximum Gasteiger partial charge on any atom is 0.119 e. The van der Waals surface area contributed by atoms with Crippen LogP contribution in [0.2, 0.25) is 0 Å². The van der Waals surface area contributed by atoms with E-state index in [0.717, 1.165) is 25.3 Å². The standard InChI is InChI=1S/C17H27NO3/c1-14(19)12-16-4-3-9-18(16)13-15-5-7-17(8-6-15)21-11-10-20-2/h5-8,14,16,19H,3-4,9-13H2,1-2H3. The van der Waals surface area contributed by atoms with Gasteiger partial charge in [-0.1, -0.05) is 12.1 Å². The number of ether oxygens (including phenoxy) is 2. The van der Waals surface area contributed by atoms with E-state index in [4.69, 9.17) is 9.47 Å². The smallest absolute Gasteiger partial charge is 0.119 e. The lowest BCUT2D eigenvalue weighted by Gasteiger charge is -2.25. The molecule has 1 aromatic rings. The fraction of sp³-hybridized carbons (Fsp3) is 0.647. The van der Waals surface area contributed by atoms with E-state index in [1.165, 1.54) is 18.4 Å². The molecule has 1 saturated heterocycles. The molecular formula is C17H27NO3. The molecule has 2 rings (SSSR count). The monoisotopic (exact) mass is 293 g/mol. The summed E-state index contributed by atoms with van der Waals surface area (Å²) in [5.74, 6) is 0.887. The predicted octanol–water partition coefficient (Wildman–Crippen LogP) is 2.45. The lowest BCUT2D eigenvalue weighted by Crippen LogP contribution is -2.31. The number of nitrogens with zero attached hydrogens (tertiary/aromatic N) is 1. The number of rotatable bonds is 8. The summed E-state index contributed by atoms with van der Waals surface area (Å²) in [7, 11) is 1.67. The minimum atomic E-state index is -0.216. The van der Waals surface area contributed by atoms with E-state index >= 15 is 0 Å². The molecule has 1 aromatic carbocycles. The van der Waals surface area contributed by atoms with Crippen molar-refractivity contribution in [2.24, 2.45) is 0 Å². The average Bonchev–Trinajstić information content (AvgIpc) is 2.87. The van der Waals surface area contributed by atoms with Gasteiger partial charge in [-0.2, -0.15) is 0 Å². The third-order valence-corrected chi connectivity index (χ3v) is 3.98. The summed E-state index contributed by atoms with van der Waals surface area (Å²) in [5.41, 5.74) is 1.30. The Bertz CT molecular complexity index is 405. The molecule has 118 valence electrons. The first-order valence-electron chi connectivity index (χ1n) is 7.82. The van der Waals surface area contributed by atoms with Gasteiger partial charge < -0.3 is 14.6 Å². The molecule has 21 heavy (non-hydrogen) atoms. The van der Waals surface area contributed by atoms with Crippen LogP contribution in [0, 0.1) is 0 Å². The Morgan fingerprint density at radius 2 is 2.05 bits per heavy atom. The molecule has 2 atom stereocenters. The van der Waals surface area contributed by atoms with Gasteiger partial charge in [0.25, 0.3) is 0 Å². The quantitative estimate of drug-likeness (QED) is 0.748. The molecule has 0 spiro atoms. The van der Waals surface area contributed by atoms with E-state index in [0.29, 0.717) is 19.3 Å². The van der Waals surface area contributed by atoms with Crippen molar-refractivity contribution in [2.45, 2.75) is 44.9 Å². The summed E-state index contributed by atoms with van der Waals surface area (Å²) in [6.45, 7) is 5.15. The molecule has 0 saturated carbocycles. The summed E-state index contributed by atoms with van der Waals surface area (Å²) in [4.78, 5) is 2.48. The first-order valence-corrected chi connectivity index (χ1v) is 7.82. The number of methoxy groups -OCH3 is 1. The summed E-state index contributed by atoms with van der Waals surface area (Å²) in [5, 5.41) is 9.58. The van der Waals surface area contributed by atoms with Crippen molar-refractivity contribution >= 4 is 0 Å². The molecule has 0 amide bonds. The third-order valence-electron chi connectivity index (χ3n) is 3.98. The minimum absolute atomic E-state index is 0.216. The van der Waals surface area contributed by atoms with Gasteiger partial charge in [0.2, 0.25) is 0 Å². The fourth-order valence-corrected chi connectivity index (χ4v) is 2.93. The minimum Gasteiger partial charge on any atom is -0.491 e. The van der Waals surface area contributed by atoms with Crippen molar-refractivity contribution in [1.82, 2.24) is 4.90 Å². The topological polar surface area (TPSA) is 41.9 Å². The van der Waals surface area contributed by atoms with E-state index in [9.17, 15) is 5.11 Å². The highest BCUT2D eigenvalue weighted by Gasteiger charge is 2.25. The highest BCUT2D eigenvalue weighted by molar-refractivity contribution is 5.27. The highest BCUT2D eigenvalue weighted by atomic mass is 16.5. The molecule has 2 unspecified atom stereocenters. The van der Waals surface area contributed by atoms with Gasteiger partial charge in [0.1, 0.15) is 12.4 Å².